The van der Waals surface area contributed by atoms with Crippen molar-refractivity contribution in [3.63, 3.8) is 0 Å². The standard InChI is InChI=1S/C9H15F3N2O3/c1-3-14(5-7(15)13-2)4-6(8(16)17)9(10,11)12/h6H,3-5H2,1-2H3,(H,13,15)(H,16,17). The number of carbonyl (C=O) groups excluding carboxylic acids is 1. The van der Waals surface area contributed by atoms with Crippen molar-refractivity contribution in [2.45, 2.75) is 13.1 Å². The summed E-state index contributed by atoms with van der Waals surface area (Å²) >= 11 is 0. The fraction of sp³-hybridized carbons (Fsp3) is 0.778. The molecule has 0 bridgehead atoms. The van der Waals surface area contributed by atoms with Gasteiger partial charge in [-0.2, -0.15) is 13.2 Å². The monoisotopic (exact) mass is 256 g/mol. The molecule has 0 aromatic rings. The molecule has 0 radical (unpaired) electrons. The van der Waals surface area contributed by atoms with Crippen LogP contribution >= 0.6 is 0 Å². The van der Waals surface area contributed by atoms with Crippen LogP contribution in [0.15, 0.2) is 0 Å². The second kappa shape index (κ2) is 6.43. The molecule has 8 heteroatoms. The van der Waals surface area contributed by atoms with Gasteiger partial charge < -0.3 is 10.4 Å². The summed E-state index contributed by atoms with van der Waals surface area (Å²) < 4.78 is 37.1. The van der Waals surface area contributed by atoms with Gasteiger partial charge in [-0.3, -0.25) is 14.5 Å². The molecule has 1 unspecified atom stereocenters. The molecular formula is C9H15F3N2O3. The molecule has 0 aromatic heterocycles. The molecule has 2 N–H and O–H groups in total. The third-order valence-corrected chi connectivity index (χ3v) is 2.23. The predicted molar refractivity (Wildman–Crippen MR) is 53.4 cm³/mol. The van der Waals surface area contributed by atoms with Crippen LogP contribution in [0.2, 0.25) is 0 Å². The molecule has 0 fully saturated rings. The number of hydrogen-bond acceptors (Lipinski definition) is 3. The van der Waals surface area contributed by atoms with Crippen LogP contribution in [0.4, 0.5) is 13.2 Å². The third kappa shape index (κ3) is 5.53. The summed E-state index contributed by atoms with van der Waals surface area (Å²) in [6.45, 7) is 0.723. The molecule has 0 heterocycles. The van der Waals surface area contributed by atoms with Gasteiger partial charge in [-0.25, -0.2) is 0 Å². The van der Waals surface area contributed by atoms with Crippen molar-refractivity contribution in [2.75, 3.05) is 26.7 Å². The molecule has 1 atom stereocenters. The van der Waals surface area contributed by atoms with Gasteiger partial charge in [0.15, 0.2) is 5.92 Å². The molecule has 5 nitrogen and oxygen atoms in total. The molecular weight excluding hydrogens is 241 g/mol. The lowest BCUT2D eigenvalue weighted by molar-refractivity contribution is -0.196. The number of amides is 1. The number of carboxylic acids is 1. The van der Waals surface area contributed by atoms with E-state index in [0.29, 0.717) is 0 Å². The summed E-state index contributed by atoms with van der Waals surface area (Å²) in [4.78, 5) is 22.6. The number of nitrogens with zero attached hydrogens (tertiary/aromatic N) is 1. The molecule has 100 valence electrons. The van der Waals surface area contributed by atoms with Crippen LogP contribution in [-0.2, 0) is 9.59 Å². The average Bonchev–Trinajstić information content (AvgIpc) is 2.21. The van der Waals surface area contributed by atoms with Gasteiger partial charge in [0.2, 0.25) is 5.91 Å². The Labute approximate surface area is 96.6 Å². The van der Waals surface area contributed by atoms with E-state index in [0.717, 1.165) is 4.90 Å². The normalized spacial score (nSPS) is 13.5. The van der Waals surface area contributed by atoms with E-state index in [2.05, 4.69) is 5.32 Å². The number of carboxylic acid groups (broad SMARTS) is 1. The molecule has 0 aromatic carbocycles. The second-order valence-electron chi connectivity index (χ2n) is 3.43. The average molecular weight is 256 g/mol. The first-order chi connectivity index (χ1) is 7.72. The number of hydrogen-bond donors (Lipinski definition) is 2. The van der Waals surface area contributed by atoms with E-state index in [1.165, 1.54) is 7.05 Å². The molecule has 0 aliphatic rings. The quantitative estimate of drug-likeness (QED) is 0.718. The SMILES string of the molecule is CCN(CC(=O)NC)CC(C(=O)O)C(F)(F)F. The Hall–Kier alpha value is -1.31. The molecule has 0 aliphatic carbocycles. The Morgan fingerprint density at radius 3 is 2.24 bits per heavy atom. The Kier molecular flexibility index (Phi) is 5.94. The first-order valence-corrected chi connectivity index (χ1v) is 4.94. The predicted octanol–water partition coefficient (Wildman–Crippen LogP) is 0.317. The van der Waals surface area contributed by atoms with Crippen molar-refractivity contribution in [1.29, 1.82) is 0 Å². The van der Waals surface area contributed by atoms with E-state index in [-0.39, 0.29) is 13.1 Å². The van der Waals surface area contributed by atoms with E-state index in [9.17, 15) is 22.8 Å². The number of aliphatic carboxylic acids is 1. The fourth-order valence-electron chi connectivity index (χ4n) is 1.17. The molecule has 17 heavy (non-hydrogen) atoms. The summed E-state index contributed by atoms with van der Waals surface area (Å²) in [6.07, 6.45) is -4.82. The Balaban J connectivity index is 4.61. The molecule has 0 saturated heterocycles. The lowest BCUT2D eigenvalue weighted by atomic mass is 10.1. The third-order valence-electron chi connectivity index (χ3n) is 2.23. The van der Waals surface area contributed by atoms with Crippen LogP contribution in [0.3, 0.4) is 0 Å². The maximum Gasteiger partial charge on any atom is 0.403 e. The van der Waals surface area contributed by atoms with Crippen LogP contribution in [0.5, 0.6) is 0 Å². The number of rotatable bonds is 6. The lowest BCUT2D eigenvalue weighted by Gasteiger charge is -2.24. The molecule has 0 saturated carbocycles. The van der Waals surface area contributed by atoms with Gasteiger partial charge in [-0.05, 0) is 6.54 Å². The number of carbonyl (C=O) groups is 2. The number of likely N-dealkylation sites (N-methyl/N-ethyl adjacent to an activating group) is 2. The lowest BCUT2D eigenvalue weighted by Crippen LogP contribution is -2.44. The highest BCUT2D eigenvalue weighted by Gasteiger charge is 2.45. The molecule has 1 amide bonds. The maximum atomic E-state index is 12.4. The summed E-state index contributed by atoms with van der Waals surface area (Å²) in [6, 6.07) is 0. The van der Waals surface area contributed by atoms with E-state index in [1.807, 2.05) is 0 Å². The van der Waals surface area contributed by atoms with Crippen molar-refractivity contribution in [2.24, 2.45) is 5.92 Å². The summed E-state index contributed by atoms with van der Waals surface area (Å²) in [7, 11) is 1.36. The maximum absolute atomic E-state index is 12.4. The first-order valence-electron chi connectivity index (χ1n) is 4.94. The van der Waals surface area contributed by atoms with Crippen LogP contribution in [0.1, 0.15) is 6.92 Å². The van der Waals surface area contributed by atoms with Crippen LogP contribution < -0.4 is 5.32 Å². The van der Waals surface area contributed by atoms with Crippen molar-refractivity contribution < 1.29 is 27.9 Å². The topological polar surface area (TPSA) is 69.6 Å². The van der Waals surface area contributed by atoms with Crippen LogP contribution in [0, 0.1) is 5.92 Å². The number of nitrogens with one attached hydrogen (secondary N) is 1. The Bertz CT molecular complexity index is 281. The highest BCUT2D eigenvalue weighted by molar-refractivity contribution is 5.77. The summed E-state index contributed by atoms with van der Waals surface area (Å²) in [5.41, 5.74) is 0. The van der Waals surface area contributed by atoms with Crippen molar-refractivity contribution in [3.05, 3.63) is 0 Å². The summed E-state index contributed by atoms with van der Waals surface area (Å²) in [5.74, 6) is -4.88. The van der Waals surface area contributed by atoms with Crippen molar-refractivity contribution in [1.82, 2.24) is 10.2 Å². The van der Waals surface area contributed by atoms with E-state index in [4.69, 9.17) is 5.11 Å². The first kappa shape index (κ1) is 15.7. The van der Waals surface area contributed by atoms with Gasteiger partial charge >= 0.3 is 12.1 Å². The zero-order valence-corrected chi connectivity index (χ0v) is 9.54. The largest absolute Gasteiger partial charge is 0.481 e. The number of alkyl halides is 3. The van der Waals surface area contributed by atoms with Gasteiger partial charge in [-0.15, -0.1) is 0 Å². The summed E-state index contributed by atoms with van der Waals surface area (Å²) in [5, 5.41) is 10.8. The highest BCUT2D eigenvalue weighted by Crippen LogP contribution is 2.27. The fourth-order valence-corrected chi connectivity index (χ4v) is 1.17. The second-order valence-corrected chi connectivity index (χ2v) is 3.43. The molecule has 0 spiro atoms. The van der Waals surface area contributed by atoms with E-state index in [1.54, 1.807) is 6.92 Å². The van der Waals surface area contributed by atoms with Gasteiger partial charge in [0.1, 0.15) is 0 Å². The minimum absolute atomic E-state index is 0.160. The van der Waals surface area contributed by atoms with Crippen LogP contribution in [0.25, 0.3) is 0 Å². The van der Waals surface area contributed by atoms with E-state index < -0.39 is 30.5 Å². The van der Waals surface area contributed by atoms with Gasteiger partial charge in [-0.1, -0.05) is 6.92 Å². The van der Waals surface area contributed by atoms with Crippen molar-refractivity contribution in [3.8, 4) is 0 Å². The Morgan fingerprint density at radius 1 is 1.41 bits per heavy atom. The van der Waals surface area contributed by atoms with Crippen LogP contribution in [-0.4, -0.2) is 54.7 Å². The van der Waals surface area contributed by atoms with Gasteiger partial charge in [0, 0.05) is 13.6 Å². The van der Waals surface area contributed by atoms with Crippen molar-refractivity contribution >= 4 is 11.9 Å². The number of halogens is 3. The molecule has 0 aliphatic heterocycles. The zero-order valence-electron chi connectivity index (χ0n) is 9.54. The highest BCUT2D eigenvalue weighted by atomic mass is 19.4. The molecule has 0 rings (SSSR count). The van der Waals surface area contributed by atoms with Gasteiger partial charge in [0.05, 0.1) is 6.54 Å². The minimum Gasteiger partial charge on any atom is -0.481 e. The smallest absolute Gasteiger partial charge is 0.403 e. The van der Waals surface area contributed by atoms with E-state index >= 15 is 0 Å². The minimum atomic E-state index is -4.82. The zero-order chi connectivity index (χ0) is 13.6. The van der Waals surface area contributed by atoms with Gasteiger partial charge in [0.25, 0.3) is 0 Å². The Morgan fingerprint density at radius 2 is 1.94 bits per heavy atom.